The molecule has 1 aliphatic heterocycles. The summed E-state index contributed by atoms with van der Waals surface area (Å²) < 4.78 is 1.15. The molecule has 2 atom stereocenters. The van der Waals surface area contributed by atoms with Gasteiger partial charge in [0, 0.05) is 28.8 Å². The molecule has 2 N–H and O–H groups in total. The third-order valence-electron chi connectivity index (χ3n) is 4.04. The molecule has 0 aliphatic carbocycles. The smallest absolute Gasteiger partial charge is 0.0428 e. The zero-order valence-corrected chi connectivity index (χ0v) is 13.6. The molecule has 1 fully saturated rings. The quantitative estimate of drug-likeness (QED) is 0.875. The van der Waals surface area contributed by atoms with Crippen LogP contribution in [0.25, 0.3) is 0 Å². The van der Waals surface area contributed by atoms with Crippen LogP contribution in [0, 0.1) is 0 Å². The summed E-state index contributed by atoms with van der Waals surface area (Å²) >= 11 is 3.60. The van der Waals surface area contributed by atoms with Gasteiger partial charge in [-0.1, -0.05) is 35.3 Å². The standard InChI is InChI=1S/C16H25BrN2/c1-3-6-14-7-4-5-10-19(14)16-11-13(17)8-9-15(16)12(2)18/h8-9,11-12,14H,3-7,10,18H2,1-2H3. The van der Waals surface area contributed by atoms with Crippen LogP contribution in [0.2, 0.25) is 0 Å². The highest BCUT2D eigenvalue weighted by molar-refractivity contribution is 9.10. The highest BCUT2D eigenvalue weighted by Gasteiger charge is 2.24. The van der Waals surface area contributed by atoms with Crippen molar-refractivity contribution in [2.45, 2.75) is 58.0 Å². The van der Waals surface area contributed by atoms with E-state index in [9.17, 15) is 0 Å². The summed E-state index contributed by atoms with van der Waals surface area (Å²) in [6.45, 7) is 5.52. The topological polar surface area (TPSA) is 29.3 Å². The van der Waals surface area contributed by atoms with Crippen LogP contribution in [0.1, 0.15) is 57.6 Å². The summed E-state index contributed by atoms with van der Waals surface area (Å²) in [5, 5.41) is 0. The maximum Gasteiger partial charge on any atom is 0.0428 e. The van der Waals surface area contributed by atoms with E-state index in [0.717, 1.165) is 4.47 Å². The van der Waals surface area contributed by atoms with E-state index >= 15 is 0 Å². The third kappa shape index (κ3) is 3.51. The molecule has 1 saturated heterocycles. The van der Waals surface area contributed by atoms with Gasteiger partial charge in [-0.05, 0) is 50.3 Å². The molecule has 2 rings (SSSR count). The number of nitrogens with zero attached hydrogens (tertiary/aromatic N) is 1. The van der Waals surface area contributed by atoms with Gasteiger partial charge in [-0.2, -0.15) is 0 Å². The predicted octanol–water partition coefficient (Wildman–Crippen LogP) is 4.63. The van der Waals surface area contributed by atoms with E-state index in [4.69, 9.17) is 5.73 Å². The largest absolute Gasteiger partial charge is 0.368 e. The van der Waals surface area contributed by atoms with Crippen molar-refractivity contribution in [2.24, 2.45) is 5.73 Å². The van der Waals surface area contributed by atoms with Crippen LogP contribution in [-0.4, -0.2) is 12.6 Å². The molecular formula is C16H25BrN2. The first-order valence-electron chi connectivity index (χ1n) is 7.45. The molecule has 1 heterocycles. The number of piperidine rings is 1. The number of hydrogen-bond donors (Lipinski definition) is 1. The molecule has 106 valence electrons. The van der Waals surface area contributed by atoms with E-state index in [1.807, 2.05) is 0 Å². The summed E-state index contributed by atoms with van der Waals surface area (Å²) in [5.74, 6) is 0. The van der Waals surface area contributed by atoms with Crippen molar-refractivity contribution in [1.82, 2.24) is 0 Å². The Morgan fingerprint density at radius 3 is 2.89 bits per heavy atom. The molecule has 2 nitrogen and oxygen atoms in total. The van der Waals surface area contributed by atoms with E-state index in [1.54, 1.807) is 0 Å². The highest BCUT2D eigenvalue weighted by Crippen LogP contribution is 2.34. The average Bonchev–Trinajstić information content (AvgIpc) is 2.39. The fraction of sp³-hybridized carbons (Fsp3) is 0.625. The second-order valence-electron chi connectivity index (χ2n) is 5.62. The molecule has 2 unspecified atom stereocenters. The molecule has 0 amide bonds. The van der Waals surface area contributed by atoms with Crippen molar-refractivity contribution in [3.05, 3.63) is 28.2 Å². The minimum absolute atomic E-state index is 0.0901. The SMILES string of the molecule is CCCC1CCCCN1c1cc(Br)ccc1C(C)N. The maximum absolute atomic E-state index is 6.15. The van der Waals surface area contributed by atoms with Crippen molar-refractivity contribution in [2.75, 3.05) is 11.4 Å². The van der Waals surface area contributed by atoms with Crippen molar-refractivity contribution < 1.29 is 0 Å². The van der Waals surface area contributed by atoms with Crippen LogP contribution in [0.5, 0.6) is 0 Å². The van der Waals surface area contributed by atoms with Gasteiger partial charge in [0.1, 0.15) is 0 Å². The number of anilines is 1. The fourth-order valence-corrected chi connectivity index (χ4v) is 3.45. The van der Waals surface area contributed by atoms with Gasteiger partial charge in [0.15, 0.2) is 0 Å². The van der Waals surface area contributed by atoms with Crippen LogP contribution in [0.15, 0.2) is 22.7 Å². The van der Waals surface area contributed by atoms with Gasteiger partial charge in [-0.3, -0.25) is 0 Å². The Morgan fingerprint density at radius 1 is 1.42 bits per heavy atom. The monoisotopic (exact) mass is 324 g/mol. The number of benzene rings is 1. The van der Waals surface area contributed by atoms with Crippen LogP contribution < -0.4 is 10.6 Å². The van der Waals surface area contributed by atoms with E-state index in [2.05, 4.69) is 52.9 Å². The molecule has 0 spiro atoms. The molecule has 1 aromatic carbocycles. The summed E-state index contributed by atoms with van der Waals surface area (Å²) in [7, 11) is 0. The lowest BCUT2D eigenvalue weighted by atomic mass is 9.95. The van der Waals surface area contributed by atoms with Crippen LogP contribution in [0.3, 0.4) is 0 Å². The summed E-state index contributed by atoms with van der Waals surface area (Å²) in [6.07, 6.45) is 6.51. The van der Waals surface area contributed by atoms with E-state index in [1.165, 1.54) is 49.9 Å². The first-order chi connectivity index (χ1) is 9.13. The van der Waals surface area contributed by atoms with Gasteiger partial charge < -0.3 is 10.6 Å². The van der Waals surface area contributed by atoms with E-state index < -0.39 is 0 Å². The zero-order valence-electron chi connectivity index (χ0n) is 12.0. The highest BCUT2D eigenvalue weighted by atomic mass is 79.9. The second kappa shape index (κ2) is 6.76. The van der Waals surface area contributed by atoms with Crippen LogP contribution >= 0.6 is 15.9 Å². The van der Waals surface area contributed by atoms with Crippen molar-refractivity contribution in [3.63, 3.8) is 0 Å². The van der Waals surface area contributed by atoms with Gasteiger partial charge in [0.05, 0.1) is 0 Å². The lowest BCUT2D eigenvalue weighted by Crippen LogP contribution is -2.40. The van der Waals surface area contributed by atoms with Crippen molar-refractivity contribution in [3.8, 4) is 0 Å². The molecule has 3 heteroatoms. The first-order valence-corrected chi connectivity index (χ1v) is 8.24. The van der Waals surface area contributed by atoms with Gasteiger partial charge >= 0.3 is 0 Å². The third-order valence-corrected chi connectivity index (χ3v) is 4.53. The Labute approximate surface area is 125 Å². The minimum atomic E-state index is 0.0901. The molecule has 0 saturated carbocycles. The summed E-state index contributed by atoms with van der Waals surface area (Å²) in [5.41, 5.74) is 8.75. The summed E-state index contributed by atoms with van der Waals surface area (Å²) in [4.78, 5) is 2.59. The Kier molecular flexibility index (Phi) is 5.28. The Hall–Kier alpha value is -0.540. The van der Waals surface area contributed by atoms with Gasteiger partial charge in [-0.15, -0.1) is 0 Å². The summed E-state index contributed by atoms with van der Waals surface area (Å²) in [6, 6.07) is 7.29. The van der Waals surface area contributed by atoms with Gasteiger partial charge in [0.2, 0.25) is 0 Å². The molecule has 1 aromatic rings. The predicted molar refractivity (Wildman–Crippen MR) is 86.6 cm³/mol. The number of halogens is 1. The second-order valence-corrected chi connectivity index (χ2v) is 6.54. The first kappa shape index (κ1) is 14.9. The number of rotatable bonds is 4. The maximum atomic E-state index is 6.15. The number of hydrogen-bond acceptors (Lipinski definition) is 2. The lowest BCUT2D eigenvalue weighted by molar-refractivity contribution is 0.433. The van der Waals surface area contributed by atoms with Gasteiger partial charge in [0.25, 0.3) is 0 Å². The molecule has 0 aromatic heterocycles. The Morgan fingerprint density at radius 2 is 2.21 bits per heavy atom. The zero-order chi connectivity index (χ0) is 13.8. The molecule has 0 radical (unpaired) electrons. The van der Waals surface area contributed by atoms with Crippen LogP contribution in [0.4, 0.5) is 5.69 Å². The lowest BCUT2D eigenvalue weighted by Gasteiger charge is -2.39. The minimum Gasteiger partial charge on any atom is -0.368 e. The van der Waals surface area contributed by atoms with Crippen molar-refractivity contribution >= 4 is 21.6 Å². The van der Waals surface area contributed by atoms with Crippen LogP contribution in [-0.2, 0) is 0 Å². The molecule has 1 aliphatic rings. The number of nitrogens with two attached hydrogens (primary N) is 1. The Bertz CT molecular complexity index is 415. The average molecular weight is 325 g/mol. The van der Waals surface area contributed by atoms with Gasteiger partial charge in [-0.25, -0.2) is 0 Å². The Balaban J connectivity index is 2.34. The molecule has 0 bridgehead atoms. The van der Waals surface area contributed by atoms with E-state index in [0.29, 0.717) is 6.04 Å². The van der Waals surface area contributed by atoms with E-state index in [-0.39, 0.29) is 6.04 Å². The van der Waals surface area contributed by atoms with Crippen molar-refractivity contribution in [1.29, 1.82) is 0 Å². The normalized spacial score (nSPS) is 21.5. The molecule has 19 heavy (non-hydrogen) atoms. The molecular weight excluding hydrogens is 300 g/mol. The fourth-order valence-electron chi connectivity index (χ4n) is 3.10.